The van der Waals surface area contributed by atoms with E-state index in [-0.39, 0.29) is 5.56 Å². The Kier molecular flexibility index (Phi) is 3.31. The van der Waals surface area contributed by atoms with Gasteiger partial charge in [-0.1, -0.05) is 30.3 Å². The average Bonchev–Trinajstić information content (AvgIpc) is 2.14. The molecule has 1 unspecified atom stereocenters. The Morgan fingerprint density at radius 3 is 2.20 bits per heavy atom. The third-order valence-electron chi connectivity index (χ3n) is 1.69. The number of nitrogens with one attached hydrogen (secondary N) is 1. The molecule has 0 heterocycles. The van der Waals surface area contributed by atoms with E-state index in [1.807, 2.05) is 0 Å². The van der Waals surface area contributed by atoms with Gasteiger partial charge in [-0.2, -0.15) is 13.2 Å². The lowest BCUT2D eigenvalue weighted by atomic mass is 10.1. The second-order valence-electron chi connectivity index (χ2n) is 2.82. The second-order valence-corrected chi connectivity index (χ2v) is 2.82. The lowest BCUT2D eigenvalue weighted by Gasteiger charge is -2.16. The largest absolute Gasteiger partial charge is 0.480 e. The lowest BCUT2D eigenvalue weighted by Crippen LogP contribution is -2.39. The molecule has 0 aromatic heterocycles. The molecule has 1 rings (SSSR count). The van der Waals surface area contributed by atoms with Crippen LogP contribution in [0.3, 0.4) is 0 Å². The summed E-state index contributed by atoms with van der Waals surface area (Å²) in [6.45, 7) is 0. The number of alkyl halides is 3. The summed E-state index contributed by atoms with van der Waals surface area (Å²) in [7, 11) is 0. The molecule has 1 aromatic carbocycles. The van der Waals surface area contributed by atoms with E-state index in [2.05, 4.69) is 0 Å². The number of carboxylic acids is 1. The number of halogens is 3. The molecule has 1 atom stereocenters. The first-order chi connectivity index (χ1) is 6.90. The minimum Gasteiger partial charge on any atom is -0.480 e. The van der Waals surface area contributed by atoms with Gasteiger partial charge < -0.3 is 5.11 Å². The van der Waals surface area contributed by atoms with Crippen LogP contribution >= 0.6 is 0 Å². The highest BCUT2D eigenvalue weighted by Gasteiger charge is 2.35. The van der Waals surface area contributed by atoms with Crippen LogP contribution in [0.2, 0.25) is 0 Å². The van der Waals surface area contributed by atoms with Gasteiger partial charge in [0.25, 0.3) is 0 Å². The molecule has 0 spiro atoms. The highest BCUT2D eigenvalue weighted by atomic mass is 19.4. The van der Waals surface area contributed by atoms with Crippen molar-refractivity contribution in [2.45, 2.75) is 12.3 Å². The van der Waals surface area contributed by atoms with Crippen molar-refractivity contribution in [3.05, 3.63) is 35.9 Å². The van der Waals surface area contributed by atoms with E-state index in [4.69, 9.17) is 5.11 Å². The van der Waals surface area contributed by atoms with Gasteiger partial charge in [-0.3, -0.25) is 4.79 Å². The topological polar surface area (TPSA) is 49.3 Å². The van der Waals surface area contributed by atoms with Gasteiger partial charge in [-0.25, -0.2) is 5.32 Å². The molecule has 0 radical (unpaired) electrons. The second kappa shape index (κ2) is 4.31. The fourth-order valence-electron chi connectivity index (χ4n) is 1.10. The van der Waals surface area contributed by atoms with Gasteiger partial charge in [-0.15, -0.1) is 0 Å². The molecular weight excluding hydrogens is 211 g/mol. The Balaban J connectivity index is 2.90. The van der Waals surface area contributed by atoms with Gasteiger partial charge in [-0.05, 0) is 5.56 Å². The summed E-state index contributed by atoms with van der Waals surface area (Å²) >= 11 is 0. The highest BCUT2D eigenvalue weighted by molar-refractivity contribution is 5.75. The molecule has 0 aliphatic heterocycles. The van der Waals surface area contributed by atoms with Gasteiger partial charge in [0, 0.05) is 0 Å². The van der Waals surface area contributed by atoms with Crippen LogP contribution in [-0.2, 0) is 4.79 Å². The number of carbonyl (C=O) groups is 1. The van der Waals surface area contributed by atoms with Crippen molar-refractivity contribution in [3.63, 3.8) is 0 Å². The molecule has 0 aliphatic rings. The molecule has 82 valence electrons. The first-order valence-corrected chi connectivity index (χ1v) is 4.02. The smallest absolute Gasteiger partial charge is 0.458 e. The van der Waals surface area contributed by atoms with Crippen LogP contribution in [0.25, 0.3) is 0 Å². The van der Waals surface area contributed by atoms with E-state index in [0.717, 1.165) is 5.32 Å². The van der Waals surface area contributed by atoms with E-state index < -0.39 is 18.3 Å². The summed E-state index contributed by atoms with van der Waals surface area (Å²) in [5.41, 5.74) is 0.0577. The van der Waals surface area contributed by atoms with E-state index in [0.29, 0.717) is 0 Å². The maximum atomic E-state index is 12.0. The summed E-state index contributed by atoms with van der Waals surface area (Å²) < 4.78 is 35.9. The Bertz CT molecular complexity index is 337. The summed E-state index contributed by atoms with van der Waals surface area (Å²) in [4.78, 5) is 10.6. The van der Waals surface area contributed by atoms with Crippen molar-refractivity contribution in [2.75, 3.05) is 0 Å². The maximum Gasteiger partial charge on any atom is 0.458 e. The van der Waals surface area contributed by atoms with Gasteiger partial charge in [0.1, 0.15) is 6.04 Å². The number of benzene rings is 1. The summed E-state index contributed by atoms with van der Waals surface area (Å²) in [5.74, 6) is -1.57. The molecule has 3 nitrogen and oxygen atoms in total. The lowest BCUT2D eigenvalue weighted by molar-refractivity contribution is -0.175. The number of rotatable bonds is 3. The molecule has 0 amide bonds. The molecule has 0 saturated carbocycles. The normalized spacial score (nSPS) is 13.5. The van der Waals surface area contributed by atoms with Crippen LogP contribution < -0.4 is 5.32 Å². The zero-order valence-corrected chi connectivity index (χ0v) is 7.45. The minimum absolute atomic E-state index is 0.0577. The van der Waals surface area contributed by atoms with Crippen molar-refractivity contribution < 1.29 is 23.1 Å². The fourth-order valence-corrected chi connectivity index (χ4v) is 1.10. The van der Waals surface area contributed by atoms with Crippen LogP contribution in [-0.4, -0.2) is 17.4 Å². The van der Waals surface area contributed by atoms with Gasteiger partial charge in [0.15, 0.2) is 0 Å². The SMILES string of the molecule is O=C(O)C(NC(F)(F)F)c1ccccc1. The monoisotopic (exact) mass is 219 g/mol. The molecule has 1 aromatic rings. The zero-order valence-electron chi connectivity index (χ0n) is 7.45. The van der Waals surface area contributed by atoms with E-state index >= 15 is 0 Å². The molecule has 0 bridgehead atoms. The molecule has 6 heteroatoms. The zero-order chi connectivity index (χ0) is 11.5. The van der Waals surface area contributed by atoms with Crippen molar-refractivity contribution >= 4 is 5.97 Å². The molecule has 0 aliphatic carbocycles. The molecule has 2 N–H and O–H groups in total. The Labute approximate surface area is 83.5 Å². The van der Waals surface area contributed by atoms with Crippen molar-refractivity contribution in [3.8, 4) is 0 Å². The molecule has 0 saturated heterocycles. The van der Waals surface area contributed by atoms with Crippen LogP contribution in [0.5, 0.6) is 0 Å². The highest BCUT2D eigenvalue weighted by Crippen LogP contribution is 2.20. The third kappa shape index (κ3) is 3.59. The number of hydrogen-bond donors (Lipinski definition) is 2. The van der Waals surface area contributed by atoms with Gasteiger partial charge in [0.05, 0.1) is 0 Å². The van der Waals surface area contributed by atoms with E-state index in [1.54, 1.807) is 6.07 Å². The van der Waals surface area contributed by atoms with Crippen LogP contribution in [0.1, 0.15) is 11.6 Å². The predicted octanol–water partition coefficient (Wildman–Crippen LogP) is 1.92. The number of carboxylic acid groups (broad SMARTS) is 1. The standard InChI is InChI=1S/C9H8F3NO2/c10-9(11,12)13-7(8(14)15)6-4-2-1-3-5-6/h1-5,7,13H,(H,14,15). The van der Waals surface area contributed by atoms with Crippen LogP contribution in [0.15, 0.2) is 30.3 Å². The predicted molar refractivity (Wildman–Crippen MR) is 46.0 cm³/mol. The summed E-state index contributed by atoms with van der Waals surface area (Å²) in [6.07, 6.45) is -4.72. The van der Waals surface area contributed by atoms with E-state index in [1.165, 1.54) is 24.3 Å². The number of hydrogen-bond acceptors (Lipinski definition) is 2. The summed E-state index contributed by atoms with van der Waals surface area (Å²) in [6, 6.07) is 5.41. The maximum absolute atomic E-state index is 12.0. The quantitative estimate of drug-likeness (QED) is 0.763. The van der Waals surface area contributed by atoms with E-state index in [9.17, 15) is 18.0 Å². The first kappa shape index (κ1) is 11.5. The van der Waals surface area contributed by atoms with Crippen molar-refractivity contribution in [2.24, 2.45) is 0 Å². The molecule has 0 fully saturated rings. The summed E-state index contributed by atoms with van der Waals surface area (Å²) in [5, 5.41) is 9.70. The molecular formula is C9H8F3NO2. The van der Waals surface area contributed by atoms with Crippen LogP contribution in [0.4, 0.5) is 13.2 Å². The Morgan fingerprint density at radius 1 is 1.27 bits per heavy atom. The first-order valence-electron chi connectivity index (χ1n) is 4.02. The van der Waals surface area contributed by atoms with Crippen molar-refractivity contribution in [1.82, 2.24) is 5.32 Å². The van der Waals surface area contributed by atoms with Gasteiger partial charge >= 0.3 is 12.3 Å². The van der Waals surface area contributed by atoms with Crippen molar-refractivity contribution in [1.29, 1.82) is 0 Å². The Morgan fingerprint density at radius 2 is 1.80 bits per heavy atom. The molecule has 15 heavy (non-hydrogen) atoms. The Hall–Kier alpha value is -1.56. The average molecular weight is 219 g/mol. The fraction of sp³-hybridized carbons (Fsp3) is 0.222. The number of aliphatic carboxylic acids is 1. The third-order valence-corrected chi connectivity index (χ3v) is 1.69. The van der Waals surface area contributed by atoms with Crippen LogP contribution in [0, 0.1) is 0 Å². The van der Waals surface area contributed by atoms with Gasteiger partial charge in [0.2, 0.25) is 0 Å². The minimum atomic E-state index is -4.72.